The first-order chi connectivity index (χ1) is 13.6. The fraction of sp³-hybridized carbons (Fsp3) is 0.524. The van der Waals surface area contributed by atoms with Gasteiger partial charge in [0, 0.05) is 25.3 Å². The number of ether oxygens (including phenoxy) is 3. The standard InChI is InChI=1S/C21H30N2O5/c1-4-27-20(24)18(21(25)28-5-2)15-22-16(3)19(17-9-7-6-8-10-17)23-11-13-26-14-12-23/h6-10,15-16,19,22H,4-5,11-14H2,1-3H3/t16-,19+/m0/s1. The molecule has 0 unspecified atom stereocenters. The van der Waals surface area contributed by atoms with E-state index in [2.05, 4.69) is 22.3 Å². The van der Waals surface area contributed by atoms with Crippen LogP contribution in [0.15, 0.2) is 42.1 Å². The molecule has 1 heterocycles. The summed E-state index contributed by atoms with van der Waals surface area (Å²) in [7, 11) is 0. The molecule has 1 N–H and O–H groups in total. The summed E-state index contributed by atoms with van der Waals surface area (Å²) in [5, 5.41) is 3.21. The van der Waals surface area contributed by atoms with E-state index in [1.165, 1.54) is 6.20 Å². The topological polar surface area (TPSA) is 77.1 Å². The molecule has 154 valence electrons. The fourth-order valence-corrected chi connectivity index (χ4v) is 3.25. The SMILES string of the molecule is CCOC(=O)C(=CN[C@@H](C)[C@H](c1ccccc1)N1CCOCC1)C(=O)OCC. The number of esters is 2. The van der Waals surface area contributed by atoms with Crippen LogP contribution in [-0.4, -0.2) is 62.4 Å². The van der Waals surface area contributed by atoms with E-state index in [1.54, 1.807) is 13.8 Å². The Hall–Kier alpha value is -2.38. The van der Waals surface area contributed by atoms with Crippen molar-refractivity contribution in [3.8, 4) is 0 Å². The van der Waals surface area contributed by atoms with E-state index >= 15 is 0 Å². The van der Waals surface area contributed by atoms with Gasteiger partial charge in [-0.05, 0) is 26.3 Å². The second kappa shape index (κ2) is 11.5. The third-order valence-corrected chi connectivity index (χ3v) is 4.54. The Bertz CT molecular complexity index is 636. The smallest absolute Gasteiger partial charge is 0.347 e. The highest BCUT2D eigenvalue weighted by Crippen LogP contribution is 2.25. The van der Waals surface area contributed by atoms with Crippen molar-refractivity contribution in [2.24, 2.45) is 0 Å². The average Bonchev–Trinajstić information content (AvgIpc) is 2.70. The van der Waals surface area contributed by atoms with Gasteiger partial charge in [-0.25, -0.2) is 9.59 Å². The van der Waals surface area contributed by atoms with Crippen molar-refractivity contribution < 1.29 is 23.8 Å². The van der Waals surface area contributed by atoms with E-state index in [0.717, 1.165) is 18.7 Å². The highest BCUT2D eigenvalue weighted by molar-refractivity contribution is 6.13. The van der Waals surface area contributed by atoms with Gasteiger partial charge in [0.05, 0.1) is 32.5 Å². The Kier molecular flexibility index (Phi) is 8.97. The summed E-state index contributed by atoms with van der Waals surface area (Å²) in [4.78, 5) is 26.7. The van der Waals surface area contributed by atoms with Crippen LogP contribution in [0.3, 0.4) is 0 Å². The Balaban J connectivity index is 2.22. The molecule has 0 bridgehead atoms. The van der Waals surface area contributed by atoms with Gasteiger partial charge in [-0.2, -0.15) is 0 Å². The highest BCUT2D eigenvalue weighted by Gasteiger charge is 2.28. The molecule has 0 spiro atoms. The zero-order valence-corrected chi connectivity index (χ0v) is 16.8. The van der Waals surface area contributed by atoms with E-state index < -0.39 is 11.9 Å². The lowest BCUT2D eigenvalue weighted by Gasteiger charge is -2.38. The number of benzene rings is 1. The van der Waals surface area contributed by atoms with Crippen molar-refractivity contribution in [2.45, 2.75) is 32.9 Å². The Morgan fingerprint density at radius 3 is 2.21 bits per heavy atom. The molecule has 2 atom stereocenters. The van der Waals surface area contributed by atoms with Crippen LogP contribution in [0.2, 0.25) is 0 Å². The molecule has 7 nitrogen and oxygen atoms in total. The number of hydrogen-bond acceptors (Lipinski definition) is 7. The van der Waals surface area contributed by atoms with Crippen molar-refractivity contribution in [3.63, 3.8) is 0 Å². The van der Waals surface area contributed by atoms with Crippen molar-refractivity contribution in [1.82, 2.24) is 10.2 Å². The van der Waals surface area contributed by atoms with Gasteiger partial charge >= 0.3 is 11.9 Å². The second-order valence-electron chi connectivity index (χ2n) is 6.46. The molecular weight excluding hydrogens is 360 g/mol. The summed E-state index contributed by atoms with van der Waals surface area (Å²) in [6.07, 6.45) is 1.41. The Morgan fingerprint density at radius 2 is 1.68 bits per heavy atom. The lowest BCUT2D eigenvalue weighted by Crippen LogP contribution is -2.46. The van der Waals surface area contributed by atoms with Gasteiger partial charge in [0.15, 0.2) is 5.57 Å². The molecule has 1 aliphatic rings. The molecule has 7 heteroatoms. The number of carbonyl (C=O) groups excluding carboxylic acids is 2. The van der Waals surface area contributed by atoms with Gasteiger partial charge in [0.25, 0.3) is 0 Å². The molecule has 1 aromatic carbocycles. The van der Waals surface area contributed by atoms with E-state index in [4.69, 9.17) is 14.2 Å². The van der Waals surface area contributed by atoms with E-state index in [9.17, 15) is 9.59 Å². The minimum Gasteiger partial charge on any atom is -0.462 e. The number of nitrogens with zero attached hydrogens (tertiary/aromatic N) is 1. The van der Waals surface area contributed by atoms with E-state index in [-0.39, 0.29) is 30.9 Å². The maximum atomic E-state index is 12.2. The molecule has 1 saturated heterocycles. The van der Waals surface area contributed by atoms with Crippen LogP contribution in [-0.2, 0) is 23.8 Å². The Morgan fingerprint density at radius 1 is 1.11 bits per heavy atom. The molecular formula is C21H30N2O5. The third kappa shape index (κ3) is 6.07. The molecule has 0 aromatic heterocycles. The summed E-state index contributed by atoms with van der Waals surface area (Å²) in [5.74, 6) is -1.38. The van der Waals surface area contributed by atoms with Gasteiger partial charge in [0.2, 0.25) is 0 Å². The van der Waals surface area contributed by atoms with Gasteiger partial charge < -0.3 is 19.5 Å². The highest BCUT2D eigenvalue weighted by atomic mass is 16.6. The van der Waals surface area contributed by atoms with Crippen LogP contribution in [0.1, 0.15) is 32.4 Å². The first kappa shape index (κ1) is 21.9. The van der Waals surface area contributed by atoms with Gasteiger partial charge in [-0.3, -0.25) is 4.90 Å². The van der Waals surface area contributed by atoms with Gasteiger partial charge in [-0.15, -0.1) is 0 Å². The molecule has 1 aliphatic heterocycles. The molecule has 1 fully saturated rings. The molecule has 0 radical (unpaired) electrons. The monoisotopic (exact) mass is 390 g/mol. The number of carbonyl (C=O) groups is 2. The first-order valence-electron chi connectivity index (χ1n) is 9.75. The average molecular weight is 390 g/mol. The summed E-state index contributed by atoms with van der Waals surface area (Å²) < 4.78 is 15.5. The normalized spacial score (nSPS) is 16.5. The van der Waals surface area contributed by atoms with Crippen LogP contribution in [0.25, 0.3) is 0 Å². The first-order valence-corrected chi connectivity index (χ1v) is 9.75. The maximum Gasteiger partial charge on any atom is 0.347 e. The van der Waals surface area contributed by atoms with Crippen molar-refractivity contribution in [1.29, 1.82) is 0 Å². The predicted molar refractivity (Wildman–Crippen MR) is 106 cm³/mol. The van der Waals surface area contributed by atoms with Crippen molar-refractivity contribution in [3.05, 3.63) is 47.7 Å². The molecule has 0 aliphatic carbocycles. The van der Waals surface area contributed by atoms with Crippen LogP contribution >= 0.6 is 0 Å². The lowest BCUT2D eigenvalue weighted by atomic mass is 9.98. The molecule has 1 aromatic rings. The van der Waals surface area contributed by atoms with Crippen molar-refractivity contribution >= 4 is 11.9 Å². The molecule has 28 heavy (non-hydrogen) atoms. The largest absolute Gasteiger partial charge is 0.462 e. The zero-order valence-electron chi connectivity index (χ0n) is 16.8. The molecule has 2 rings (SSSR count). The predicted octanol–water partition coefficient (Wildman–Crippen LogP) is 2.05. The van der Waals surface area contributed by atoms with Crippen LogP contribution in [0.5, 0.6) is 0 Å². The number of nitrogens with one attached hydrogen (secondary N) is 1. The minimum absolute atomic E-state index is 0.0620. The summed E-state index contributed by atoms with van der Waals surface area (Å²) in [5.41, 5.74) is 1.02. The molecule has 0 saturated carbocycles. The number of morpholine rings is 1. The zero-order chi connectivity index (χ0) is 20.4. The lowest BCUT2D eigenvalue weighted by molar-refractivity contribution is -0.146. The number of hydrogen-bond donors (Lipinski definition) is 1. The second-order valence-corrected chi connectivity index (χ2v) is 6.46. The maximum absolute atomic E-state index is 12.2. The van der Waals surface area contributed by atoms with E-state index in [0.29, 0.717) is 13.2 Å². The van der Waals surface area contributed by atoms with Crippen LogP contribution in [0, 0.1) is 0 Å². The van der Waals surface area contributed by atoms with Gasteiger partial charge in [-0.1, -0.05) is 30.3 Å². The molecule has 0 amide bonds. The minimum atomic E-state index is -0.691. The summed E-state index contributed by atoms with van der Waals surface area (Å²) in [6, 6.07) is 10.2. The summed E-state index contributed by atoms with van der Waals surface area (Å²) in [6.45, 7) is 8.79. The van der Waals surface area contributed by atoms with Crippen LogP contribution < -0.4 is 5.32 Å². The quantitative estimate of drug-likeness (QED) is 0.299. The van der Waals surface area contributed by atoms with Crippen LogP contribution in [0.4, 0.5) is 0 Å². The third-order valence-electron chi connectivity index (χ3n) is 4.54. The van der Waals surface area contributed by atoms with Gasteiger partial charge in [0.1, 0.15) is 0 Å². The van der Waals surface area contributed by atoms with Crippen molar-refractivity contribution in [2.75, 3.05) is 39.5 Å². The fourth-order valence-electron chi connectivity index (χ4n) is 3.25. The summed E-state index contributed by atoms with van der Waals surface area (Å²) >= 11 is 0. The number of rotatable bonds is 9. The van der Waals surface area contributed by atoms with E-state index in [1.807, 2.05) is 25.1 Å². The Labute approximate surface area is 166 Å².